The molecule has 0 bridgehead atoms. The van der Waals surface area contributed by atoms with Gasteiger partial charge in [-0.05, 0) is 49.9 Å². The average molecular weight is 276 g/mol. The van der Waals surface area contributed by atoms with E-state index >= 15 is 0 Å². The van der Waals surface area contributed by atoms with Crippen LogP contribution in [0.3, 0.4) is 0 Å². The van der Waals surface area contributed by atoms with Gasteiger partial charge in [0.2, 0.25) is 0 Å². The van der Waals surface area contributed by atoms with Gasteiger partial charge >= 0.3 is 0 Å². The number of rotatable bonds is 9. The summed E-state index contributed by atoms with van der Waals surface area (Å²) in [6.45, 7) is 8.27. The number of aryl methyl sites for hydroxylation is 1. The van der Waals surface area contributed by atoms with E-state index < -0.39 is 0 Å². The van der Waals surface area contributed by atoms with Crippen molar-refractivity contribution in [2.45, 2.75) is 45.7 Å². The maximum absolute atomic E-state index is 5.25. The highest BCUT2D eigenvalue weighted by atomic mass is 16.5. The predicted molar refractivity (Wildman–Crippen MR) is 85.4 cm³/mol. The van der Waals surface area contributed by atoms with Gasteiger partial charge in [-0.15, -0.1) is 0 Å². The van der Waals surface area contributed by atoms with Crippen molar-refractivity contribution >= 4 is 5.69 Å². The highest BCUT2D eigenvalue weighted by molar-refractivity contribution is 5.56. The van der Waals surface area contributed by atoms with Crippen molar-refractivity contribution in [3.8, 4) is 0 Å². The predicted octanol–water partition coefficient (Wildman–Crippen LogP) is 3.11. The van der Waals surface area contributed by atoms with Crippen LogP contribution < -0.4 is 10.2 Å². The molecule has 1 N–H and O–H groups in total. The Morgan fingerprint density at radius 3 is 2.75 bits per heavy atom. The first kappa shape index (κ1) is 15.3. The Hall–Kier alpha value is -1.06. The number of hydrogen-bond acceptors (Lipinski definition) is 3. The first-order valence-electron chi connectivity index (χ1n) is 7.82. The average Bonchev–Trinajstić information content (AvgIpc) is 3.26. The molecule has 0 heterocycles. The normalized spacial score (nSPS) is 14.6. The fourth-order valence-corrected chi connectivity index (χ4v) is 2.63. The zero-order valence-corrected chi connectivity index (χ0v) is 13.1. The van der Waals surface area contributed by atoms with E-state index in [1.54, 1.807) is 7.11 Å². The SMILES string of the molecule is CCCNCc1ccc(N(CCOC)C2CC2)c(C)c1. The second-order valence-electron chi connectivity index (χ2n) is 5.71. The minimum atomic E-state index is 0.730. The number of benzene rings is 1. The monoisotopic (exact) mass is 276 g/mol. The van der Waals surface area contributed by atoms with Crippen molar-refractivity contribution in [3.05, 3.63) is 29.3 Å². The van der Waals surface area contributed by atoms with Gasteiger partial charge in [0, 0.05) is 31.9 Å². The van der Waals surface area contributed by atoms with Crippen LogP contribution in [0.2, 0.25) is 0 Å². The van der Waals surface area contributed by atoms with Crippen LogP contribution in [0.1, 0.15) is 37.3 Å². The molecule has 0 spiro atoms. The summed E-state index contributed by atoms with van der Waals surface area (Å²) in [4.78, 5) is 2.52. The van der Waals surface area contributed by atoms with Crippen LogP contribution in [0, 0.1) is 6.92 Å². The third-order valence-corrected chi connectivity index (χ3v) is 3.85. The summed E-state index contributed by atoms with van der Waals surface area (Å²) in [5.74, 6) is 0. The number of hydrogen-bond donors (Lipinski definition) is 1. The molecular formula is C17H28N2O. The molecule has 0 aromatic heterocycles. The molecule has 0 unspecified atom stereocenters. The fraction of sp³-hybridized carbons (Fsp3) is 0.647. The van der Waals surface area contributed by atoms with Crippen molar-refractivity contribution in [2.24, 2.45) is 0 Å². The van der Waals surface area contributed by atoms with Crippen molar-refractivity contribution in [1.29, 1.82) is 0 Å². The molecule has 20 heavy (non-hydrogen) atoms. The first-order chi connectivity index (χ1) is 9.76. The molecule has 1 aromatic rings. The lowest BCUT2D eigenvalue weighted by Crippen LogP contribution is -2.30. The second kappa shape index (κ2) is 7.65. The summed E-state index contributed by atoms with van der Waals surface area (Å²) in [5.41, 5.74) is 4.13. The molecule has 1 aliphatic carbocycles. The molecule has 0 aliphatic heterocycles. The van der Waals surface area contributed by atoms with E-state index in [2.05, 4.69) is 42.3 Å². The first-order valence-corrected chi connectivity index (χ1v) is 7.82. The molecule has 1 aliphatic rings. The second-order valence-corrected chi connectivity index (χ2v) is 5.71. The maximum Gasteiger partial charge on any atom is 0.0637 e. The van der Waals surface area contributed by atoms with Crippen molar-refractivity contribution in [2.75, 3.05) is 31.7 Å². The third kappa shape index (κ3) is 4.22. The minimum Gasteiger partial charge on any atom is -0.383 e. The van der Waals surface area contributed by atoms with Crippen molar-refractivity contribution in [1.82, 2.24) is 5.32 Å². The van der Waals surface area contributed by atoms with E-state index in [1.807, 2.05) is 0 Å². The molecule has 0 amide bonds. The number of methoxy groups -OCH3 is 1. The lowest BCUT2D eigenvalue weighted by molar-refractivity contribution is 0.205. The van der Waals surface area contributed by atoms with E-state index in [0.29, 0.717) is 0 Å². The van der Waals surface area contributed by atoms with E-state index in [9.17, 15) is 0 Å². The molecule has 1 fully saturated rings. The number of nitrogens with zero attached hydrogens (tertiary/aromatic N) is 1. The summed E-state index contributed by atoms with van der Waals surface area (Å²) in [6.07, 6.45) is 3.83. The topological polar surface area (TPSA) is 24.5 Å². The van der Waals surface area contributed by atoms with Gasteiger partial charge in [-0.1, -0.05) is 19.1 Å². The Kier molecular flexibility index (Phi) is 5.86. The van der Waals surface area contributed by atoms with E-state index in [-0.39, 0.29) is 0 Å². The van der Waals surface area contributed by atoms with Crippen LogP contribution in [0.15, 0.2) is 18.2 Å². The van der Waals surface area contributed by atoms with Crippen molar-refractivity contribution in [3.63, 3.8) is 0 Å². The van der Waals surface area contributed by atoms with Crippen LogP contribution in [-0.2, 0) is 11.3 Å². The van der Waals surface area contributed by atoms with Gasteiger partial charge in [0.1, 0.15) is 0 Å². The van der Waals surface area contributed by atoms with Crippen LogP contribution in [-0.4, -0.2) is 32.8 Å². The lowest BCUT2D eigenvalue weighted by Gasteiger charge is -2.26. The molecule has 112 valence electrons. The quantitative estimate of drug-likeness (QED) is 0.701. The Morgan fingerprint density at radius 2 is 2.15 bits per heavy atom. The number of anilines is 1. The van der Waals surface area contributed by atoms with Crippen LogP contribution in [0.5, 0.6) is 0 Å². The van der Waals surface area contributed by atoms with Gasteiger partial charge in [-0.25, -0.2) is 0 Å². The molecule has 3 nitrogen and oxygen atoms in total. The maximum atomic E-state index is 5.25. The fourth-order valence-electron chi connectivity index (χ4n) is 2.63. The van der Waals surface area contributed by atoms with E-state index in [4.69, 9.17) is 4.74 Å². The molecule has 0 atom stereocenters. The summed E-state index contributed by atoms with van der Waals surface area (Å²) in [6, 6.07) is 7.59. The zero-order valence-electron chi connectivity index (χ0n) is 13.1. The third-order valence-electron chi connectivity index (χ3n) is 3.85. The summed E-state index contributed by atoms with van der Waals surface area (Å²) in [5, 5.41) is 3.46. The van der Waals surface area contributed by atoms with Gasteiger partial charge in [-0.3, -0.25) is 0 Å². The van der Waals surface area contributed by atoms with Gasteiger partial charge in [0.25, 0.3) is 0 Å². The highest BCUT2D eigenvalue weighted by Crippen LogP contribution is 2.33. The lowest BCUT2D eigenvalue weighted by atomic mass is 10.1. The summed E-state index contributed by atoms with van der Waals surface area (Å²) < 4.78 is 5.25. The Morgan fingerprint density at radius 1 is 1.35 bits per heavy atom. The summed E-state index contributed by atoms with van der Waals surface area (Å²) in [7, 11) is 1.78. The van der Waals surface area contributed by atoms with Crippen LogP contribution >= 0.6 is 0 Å². The van der Waals surface area contributed by atoms with Crippen LogP contribution in [0.25, 0.3) is 0 Å². The van der Waals surface area contributed by atoms with E-state index in [0.717, 1.165) is 32.3 Å². The van der Waals surface area contributed by atoms with Crippen LogP contribution in [0.4, 0.5) is 5.69 Å². The largest absolute Gasteiger partial charge is 0.383 e. The van der Waals surface area contributed by atoms with Gasteiger partial charge in [0.15, 0.2) is 0 Å². The minimum absolute atomic E-state index is 0.730. The number of nitrogens with one attached hydrogen (secondary N) is 1. The molecule has 0 radical (unpaired) electrons. The standard InChI is InChI=1S/C17H28N2O/c1-4-9-18-13-15-5-8-17(14(2)12-15)19(10-11-20-3)16-6-7-16/h5,8,12,16,18H,4,6-7,9-11,13H2,1-3H3. The molecule has 1 saturated carbocycles. The number of ether oxygens (including phenoxy) is 1. The zero-order chi connectivity index (χ0) is 14.4. The molecule has 1 aromatic carbocycles. The highest BCUT2D eigenvalue weighted by Gasteiger charge is 2.29. The molecule has 0 saturated heterocycles. The molecule has 2 rings (SSSR count). The van der Waals surface area contributed by atoms with Crippen molar-refractivity contribution < 1.29 is 4.74 Å². The smallest absolute Gasteiger partial charge is 0.0637 e. The van der Waals surface area contributed by atoms with Gasteiger partial charge < -0.3 is 15.0 Å². The Labute approximate surface area is 123 Å². The molecular weight excluding hydrogens is 248 g/mol. The van der Waals surface area contributed by atoms with E-state index in [1.165, 1.54) is 36.1 Å². The molecule has 3 heteroatoms. The van der Waals surface area contributed by atoms with Gasteiger partial charge in [0.05, 0.1) is 6.61 Å². The Balaban J connectivity index is 2.02. The van der Waals surface area contributed by atoms with Gasteiger partial charge in [-0.2, -0.15) is 0 Å². The Bertz CT molecular complexity index is 415. The summed E-state index contributed by atoms with van der Waals surface area (Å²) >= 11 is 0.